The zero-order valence-electron chi connectivity index (χ0n) is 19.4. The zero-order valence-corrected chi connectivity index (χ0v) is 20.2. The number of rotatable bonds is 6. The van der Waals surface area contributed by atoms with Crippen molar-refractivity contribution in [1.82, 2.24) is 0 Å². The largest absolute Gasteiger partial charge is 0.493 e. The third-order valence-electron chi connectivity index (χ3n) is 5.96. The van der Waals surface area contributed by atoms with E-state index in [4.69, 9.17) is 8.92 Å². The molecule has 0 fully saturated rings. The number of aromatic nitrogens is 1. The quantitative estimate of drug-likeness (QED) is 0.228. The third kappa shape index (κ3) is 4.61. The van der Waals surface area contributed by atoms with Crippen LogP contribution in [0.4, 0.5) is 0 Å². The molecule has 0 aliphatic rings. The second-order valence-electron chi connectivity index (χ2n) is 8.17. The minimum Gasteiger partial charge on any atom is -0.493 e. The number of fused-ring (bicyclic) bond motifs is 2. The van der Waals surface area contributed by atoms with Crippen LogP contribution in [0.25, 0.3) is 33.8 Å². The number of hydrogen-bond donors (Lipinski definition) is 0. The van der Waals surface area contributed by atoms with Crippen LogP contribution < -0.4 is 13.5 Å². The highest BCUT2D eigenvalue weighted by Gasteiger charge is 2.20. The van der Waals surface area contributed by atoms with Crippen LogP contribution in [-0.4, -0.2) is 15.5 Å². The molecule has 0 spiro atoms. The Hall–Kier alpha value is -4.16. The molecule has 0 amide bonds. The fourth-order valence-electron chi connectivity index (χ4n) is 4.05. The van der Waals surface area contributed by atoms with Crippen LogP contribution in [0, 0.1) is 0 Å². The van der Waals surface area contributed by atoms with Gasteiger partial charge in [-0.05, 0) is 58.8 Å². The van der Waals surface area contributed by atoms with Gasteiger partial charge in [0, 0.05) is 23.6 Å². The van der Waals surface area contributed by atoms with Gasteiger partial charge in [0.2, 0.25) is 11.2 Å². The Labute approximate surface area is 204 Å². The predicted octanol–water partition coefficient (Wildman–Crippen LogP) is 5.76. The second kappa shape index (κ2) is 9.24. The second-order valence-corrected chi connectivity index (χ2v) is 9.71. The summed E-state index contributed by atoms with van der Waals surface area (Å²) in [5, 5.41) is 2.95. The number of hydrogen-bond acceptors (Lipinski definition) is 4. The van der Waals surface area contributed by atoms with Crippen LogP contribution in [0.15, 0.2) is 102 Å². The van der Waals surface area contributed by atoms with Gasteiger partial charge < -0.3 is 8.92 Å². The number of nitrogens with zero attached hydrogens (tertiary/aromatic N) is 1. The highest BCUT2D eigenvalue weighted by Crippen LogP contribution is 2.32. The number of para-hydroxylation sites is 1. The molecule has 0 aliphatic heterocycles. The maximum atomic E-state index is 13.0. The molecule has 0 unspecified atom stereocenters. The average Bonchev–Trinajstić information content (AvgIpc) is 2.88. The first kappa shape index (κ1) is 22.6. The summed E-state index contributed by atoms with van der Waals surface area (Å²) in [4.78, 5) is 0.0889. The summed E-state index contributed by atoms with van der Waals surface area (Å²) in [5.41, 5.74) is 3.02. The minimum absolute atomic E-state index is 0.0889. The van der Waals surface area contributed by atoms with Crippen molar-refractivity contribution in [1.29, 1.82) is 0 Å². The highest BCUT2D eigenvalue weighted by atomic mass is 32.2. The monoisotopic (exact) mass is 482 g/mol. The molecular formula is C29H24NO4S+. The van der Waals surface area contributed by atoms with Gasteiger partial charge in [-0.2, -0.15) is 13.0 Å². The van der Waals surface area contributed by atoms with Gasteiger partial charge in [0.15, 0.2) is 11.5 Å². The van der Waals surface area contributed by atoms with Crippen molar-refractivity contribution in [3.63, 3.8) is 0 Å². The molecule has 5 rings (SSSR count). The van der Waals surface area contributed by atoms with E-state index in [-0.39, 0.29) is 10.6 Å². The zero-order chi connectivity index (χ0) is 24.4. The topological polar surface area (TPSA) is 56.5 Å². The molecule has 35 heavy (non-hydrogen) atoms. The molecule has 1 aromatic heterocycles. The molecule has 4 aromatic carbocycles. The molecule has 0 saturated carbocycles. The Morgan fingerprint density at radius 2 is 1.43 bits per heavy atom. The molecular weight excluding hydrogens is 458 g/mol. The van der Waals surface area contributed by atoms with Crippen molar-refractivity contribution in [2.24, 2.45) is 7.05 Å². The van der Waals surface area contributed by atoms with Crippen molar-refractivity contribution in [2.75, 3.05) is 7.11 Å². The maximum Gasteiger partial charge on any atom is 0.339 e. The fourth-order valence-corrected chi connectivity index (χ4v) is 5.03. The van der Waals surface area contributed by atoms with Crippen molar-refractivity contribution in [2.45, 2.75) is 4.90 Å². The lowest BCUT2D eigenvalue weighted by Crippen LogP contribution is -2.32. The molecule has 6 heteroatoms. The van der Waals surface area contributed by atoms with E-state index in [0.29, 0.717) is 5.75 Å². The van der Waals surface area contributed by atoms with Gasteiger partial charge >= 0.3 is 10.1 Å². The lowest BCUT2D eigenvalue weighted by Gasteiger charge is -2.12. The average molecular weight is 483 g/mol. The van der Waals surface area contributed by atoms with Crippen LogP contribution in [0.1, 0.15) is 11.3 Å². The summed E-state index contributed by atoms with van der Waals surface area (Å²) in [7, 11) is -0.521. The Morgan fingerprint density at radius 1 is 0.714 bits per heavy atom. The molecule has 5 nitrogen and oxygen atoms in total. The van der Waals surface area contributed by atoms with E-state index >= 15 is 0 Å². The van der Waals surface area contributed by atoms with Crippen LogP contribution in [0.5, 0.6) is 11.5 Å². The first-order chi connectivity index (χ1) is 16.9. The van der Waals surface area contributed by atoms with Gasteiger partial charge in [0.05, 0.1) is 7.11 Å². The lowest BCUT2D eigenvalue weighted by atomic mass is 10.1. The normalized spacial score (nSPS) is 11.8. The van der Waals surface area contributed by atoms with Gasteiger partial charge in [-0.15, -0.1) is 0 Å². The molecule has 0 atom stereocenters. The van der Waals surface area contributed by atoms with Crippen LogP contribution >= 0.6 is 0 Å². The molecule has 0 bridgehead atoms. The van der Waals surface area contributed by atoms with Crippen molar-refractivity contribution in [3.8, 4) is 11.5 Å². The van der Waals surface area contributed by atoms with Crippen molar-refractivity contribution >= 4 is 43.9 Å². The minimum atomic E-state index is -4.03. The summed E-state index contributed by atoms with van der Waals surface area (Å²) in [6, 6.07) is 30.0. The number of benzene rings is 4. The standard InChI is InChI=1S/C29H24NO4S/c1-30-25(16-13-23-8-5-6-10-27(23)30)15-11-21-12-18-28(29(19-21)33-2)34-35(31,32)26-17-14-22-7-3-4-9-24(22)20-26/h3-20H,1-2H3/q+1. The SMILES string of the molecule is COc1cc(C=Cc2ccc3ccccc3[n+]2C)ccc1OS(=O)(=O)c1ccc2ccccc2c1. The number of ether oxygens (including phenoxy) is 1. The van der Waals surface area contributed by atoms with Crippen LogP contribution in [0.3, 0.4) is 0 Å². The summed E-state index contributed by atoms with van der Waals surface area (Å²) in [6.45, 7) is 0. The van der Waals surface area contributed by atoms with Gasteiger partial charge in [-0.3, -0.25) is 0 Å². The Balaban J connectivity index is 1.41. The molecule has 0 aliphatic carbocycles. The Bertz CT molecular complexity index is 1690. The summed E-state index contributed by atoms with van der Waals surface area (Å²) >= 11 is 0. The van der Waals surface area contributed by atoms with Crippen molar-refractivity contribution < 1.29 is 21.9 Å². The van der Waals surface area contributed by atoms with Gasteiger partial charge in [-0.1, -0.05) is 48.5 Å². The molecule has 174 valence electrons. The summed E-state index contributed by atoms with van der Waals surface area (Å²) in [5.74, 6) is 0.466. The van der Waals surface area contributed by atoms with Gasteiger partial charge in [-0.25, -0.2) is 0 Å². The molecule has 5 aromatic rings. The van der Waals surface area contributed by atoms with E-state index < -0.39 is 10.1 Å². The van der Waals surface area contributed by atoms with Gasteiger partial charge in [0.1, 0.15) is 11.9 Å². The van der Waals surface area contributed by atoms with Crippen LogP contribution in [-0.2, 0) is 17.2 Å². The van der Waals surface area contributed by atoms with E-state index in [1.165, 1.54) is 12.5 Å². The Morgan fingerprint density at radius 3 is 2.23 bits per heavy atom. The number of aryl methyl sites for hydroxylation is 1. The first-order valence-corrected chi connectivity index (χ1v) is 12.5. The fraction of sp³-hybridized carbons (Fsp3) is 0.0690. The summed E-state index contributed by atoms with van der Waals surface area (Å²) < 4.78 is 38.9. The van der Waals surface area contributed by atoms with E-state index in [0.717, 1.165) is 27.5 Å². The van der Waals surface area contributed by atoms with E-state index in [1.54, 1.807) is 36.4 Å². The lowest BCUT2D eigenvalue weighted by molar-refractivity contribution is -0.646. The smallest absolute Gasteiger partial charge is 0.339 e. The molecule has 0 radical (unpaired) electrons. The number of methoxy groups -OCH3 is 1. The van der Waals surface area contributed by atoms with Gasteiger partial charge in [0.25, 0.3) is 0 Å². The van der Waals surface area contributed by atoms with E-state index in [9.17, 15) is 8.42 Å². The highest BCUT2D eigenvalue weighted by molar-refractivity contribution is 7.87. The molecule has 0 saturated heterocycles. The number of pyridine rings is 1. The molecule has 0 N–H and O–H groups in total. The maximum absolute atomic E-state index is 13.0. The summed E-state index contributed by atoms with van der Waals surface area (Å²) in [6.07, 6.45) is 3.96. The first-order valence-electron chi connectivity index (χ1n) is 11.1. The van der Waals surface area contributed by atoms with Crippen LogP contribution in [0.2, 0.25) is 0 Å². The third-order valence-corrected chi connectivity index (χ3v) is 7.19. The van der Waals surface area contributed by atoms with E-state index in [1.807, 2.05) is 55.6 Å². The Kier molecular flexibility index (Phi) is 5.97. The van der Waals surface area contributed by atoms with E-state index in [2.05, 4.69) is 28.8 Å². The predicted molar refractivity (Wildman–Crippen MR) is 139 cm³/mol. The van der Waals surface area contributed by atoms with Crippen molar-refractivity contribution in [3.05, 3.63) is 108 Å². The molecule has 1 heterocycles.